The van der Waals surface area contributed by atoms with Crippen LogP contribution < -0.4 is 16.0 Å². The van der Waals surface area contributed by atoms with E-state index in [0.717, 1.165) is 39.6 Å². The summed E-state index contributed by atoms with van der Waals surface area (Å²) in [6.07, 6.45) is 3.47. The molecule has 184 valence electrons. The van der Waals surface area contributed by atoms with Gasteiger partial charge in [-0.15, -0.1) is 11.3 Å². The fourth-order valence-electron chi connectivity index (χ4n) is 4.43. The van der Waals surface area contributed by atoms with Crippen molar-refractivity contribution < 1.29 is 14.4 Å². The van der Waals surface area contributed by atoms with Crippen molar-refractivity contribution in [3.05, 3.63) is 89.1 Å². The zero-order valence-electron chi connectivity index (χ0n) is 19.8. The minimum atomic E-state index is -0.895. The van der Waals surface area contributed by atoms with Crippen LogP contribution in [0.2, 0.25) is 0 Å². The van der Waals surface area contributed by atoms with Gasteiger partial charge in [0.15, 0.2) is 0 Å². The van der Waals surface area contributed by atoms with Gasteiger partial charge in [0.25, 0.3) is 5.91 Å². The molecule has 1 aliphatic rings. The van der Waals surface area contributed by atoms with Gasteiger partial charge in [0, 0.05) is 18.3 Å². The molecule has 1 fully saturated rings. The van der Waals surface area contributed by atoms with Crippen LogP contribution in [0.5, 0.6) is 0 Å². The number of thiazole rings is 1. The van der Waals surface area contributed by atoms with Crippen LogP contribution >= 0.6 is 11.3 Å². The molecule has 0 unspecified atom stereocenters. The molecule has 3 amide bonds. The average molecular weight is 510 g/mol. The fraction of sp³-hybridized carbons (Fsp3) is 0.179. The Morgan fingerprint density at radius 3 is 2.51 bits per heavy atom. The summed E-state index contributed by atoms with van der Waals surface area (Å²) >= 11 is 1.57. The predicted molar refractivity (Wildman–Crippen MR) is 140 cm³/mol. The molecule has 8 nitrogen and oxygen atoms in total. The molecule has 5 rings (SSSR count). The smallest absolute Gasteiger partial charge is 0.310 e. The second-order valence-electron chi connectivity index (χ2n) is 8.83. The second-order valence-corrected chi connectivity index (χ2v) is 9.71. The Kier molecular flexibility index (Phi) is 6.66. The summed E-state index contributed by atoms with van der Waals surface area (Å²) in [6, 6.07) is 21.2. The molecular formula is C28H23N5O3S. The quantitative estimate of drug-likeness (QED) is 0.259. The molecule has 1 saturated carbocycles. The first-order valence-corrected chi connectivity index (χ1v) is 12.6. The van der Waals surface area contributed by atoms with Crippen LogP contribution in [-0.2, 0) is 21.7 Å². The van der Waals surface area contributed by atoms with Crippen LogP contribution in [0, 0.1) is 11.3 Å². The third-order valence-electron chi connectivity index (χ3n) is 6.43. The van der Waals surface area contributed by atoms with Gasteiger partial charge in [0.05, 0.1) is 22.0 Å². The highest BCUT2D eigenvalue weighted by Crippen LogP contribution is 2.49. The lowest BCUT2D eigenvalue weighted by Crippen LogP contribution is -2.40. The van der Waals surface area contributed by atoms with Gasteiger partial charge < -0.3 is 16.0 Å². The van der Waals surface area contributed by atoms with Gasteiger partial charge >= 0.3 is 11.8 Å². The van der Waals surface area contributed by atoms with Gasteiger partial charge in [0.1, 0.15) is 6.54 Å². The zero-order chi connectivity index (χ0) is 25.8. The monoisotopic (exact) mass is 509 g/mol. The number of hydrogen-bond donors (Lipinski definition) is 3. The molecule has 0 aliphatic heterocycles. The Morgan fingerprint density at radius 1 is 1.00 bits per heavy atom. The Morgan fingerprint density at radius 2 is 1.76 bits per heavy atom. The Labute approximate surface area is 217 Å². The number of carbonyl (C=O) groups excluding carboxylic acids is 3. The summed E-state index contributed by atoms with van der Waals surface area (Å²) in [6.45, 7) is -0.259. The minimum Gasteiger partial charge on any atom is -0.344 e. The van der Waals surface area contributed by atoms with Crippen molar-refractivity contribution in [2.75, 3.05) is 6.54 Å². The number of fused-ring (bicyclic) bond motifs is 1. The zero-order valence-corrected chi connectivity index (χ0v) is 20.6. The Balaban J connectivity index is 1.40. The van der Waals surface area contributed by atoms with Crippen molar-refractivity contribution >= 4 is 39.8 Å². The number of aromatic nitrogens is 1. The minimum absolute atomic E-state index is 0.000800. The number of nitrogens with zero attached hydrogens (tertiary/aromatic N) is 2. The van der Waals surface area contributed by atoms with Crippen molar-refractivity contribution in [1.29, 1.82) is 5.26 Å². The fourth-order valence-corrected chi connectivity index (χ4v) is 5.04. The van der Waals surface area contributed by atoms with E-state index in [1.54, 1.807) is 41.7 Å². The lowest BCUT2D eigenvalue weighted by molar-refractivity contribution is -0.139. The van der Waals surface area contributed by atoms with Crippen molar-refractivity contribution in [1.82, 2.24) is 20.9 Å². The standard InChI is InChI=1S/C28H23N5O3S/c29-11-12-31-26(35)27(36)32-15-19-6-2-4-8-22(19)25(34)33-28(9-10-28)23-14-20(24-16-30-17-37-24)13-18-5-1-3-7-21(18)23/h1-8,13-14,16-17H,9-10,12,15H2,(H,31,35)(H,32,36)(H,33,34). The molecule has 0 saturated heterocycles. The van der Waals surface area contributed by atoms with E-state index in [1.165, 1.54) is 0 Å². The number of amides is 3. The van der Waals surface area contributed by atoms with E-state index >= 15 is 0 Å². The van der Waals surface area contributed by atoms with Crippen LogP contribution in [0.3, 0.4) is 0 Å². The molecule has 1 aromatic heterocycles. The lowest BCUT2D eigenvalue weighted by atomic mass is 9.93. The molecule has 0 bridgehead atoms. The molecule has 0 atom stereocenters. The molecule has 1 heterocycles. The molecule has 3 N–H and O–H groups in total. The first-order valence-electron chi connectivity index (χ1n) is 11.8. The van der Waals surface area contributed by atoms with Gasteiger partial charge in [-0.1, -0.05) is 42.5 Å². The summed E-state index contributed by atoms with van der Waals surface area (Å²) in [7, 11) is 0. The molecule has 37 heavy (non-hydrogen) atoms. The number of nitriles is 1. The van der Waals surface area contributed by atoms with E-state index in [9.17, 15) is 14.4 Å². The van der Waals surface area contributed by atoms with Crippen LogP contribution in [0.1, 0.15) is 34.3 Å². The summed E-state index contributed by atoms with van der Waals surface area (Å²) in [5, 5.41) is 18.7. The van der Waals surface area contributed by atoms with Gasteiger partial charge in [-0.2, -0.15) is 5.26 Å². The number of nitrogens with one attached hydrogen (secondary N) is 3. The van der Waals surface area contributed by atoms with Gasteiger partial charge in [0.2, 0.25) is 0 Å². The van der Waals surface area contributed by atoms with E-state index < -0.39 is 17.4 Å². The van der Waals surface area contributed by atoms with Crippen molar-refractivity contribution in [3.63, 3.8) is 0 Å². The summed E-state index contributed by atoms with van der Waals surface area (Å²) in [5.41, 5.74) is 4.46. The number of benzene rings is 3. The maximum absolute atomic E-state index is 13.5. The van der Waals surface area contributed by atoms with E-state index in [2.05, 4.69) is 45.2 Å². The van der Waals surface area contributed by atoms with Gasteiger partial charge in [-0.25, -0.2) is 0 Å². The maximum Gasteiger partial charge on any atom is 0.310 e. The van der Waals surface area contributed by atoms with Gasteiger partial charge in [-0.3, -0.25) is 19.4 Å². The topological polar surface area (TPSA) is 124 Å². The highest BCUT2D eigenvalue weighted by Gasteiger charge is 2.47. The van der Waals surface area contributed by atoms with Crippen molar-refractivity contribution in [2.24, 2.45) is 0 Å². The average Bonchev–Trinajstić information content (AvgIpc) is 3.48. The Hall–Kier alpha value is -4.55. The van der Waals surface area contributed by atoms with E-state index in [-0.39, 0.29) is 19.0 Å². The van der Waals surface area contributed by atoms with Crippen molar-refractivity contribution in [2.45, 2.75) is 24.9 Å². The predicted octanol–water partition coefficient (Wildman–Crippen LogP) is 3.64. The molecule has 3 aromatic carbocycles. The molecular weight excluding hydrogens is 486 g/mol. The molecule has 0 radical (unpaired) electrons. The van der Waals surface area contributed by atoms with E-state index in [0.29, 0.717) is 11.1 Å². The summed E-state index contributed by atoms with van der Waals surface area (Å²) < 4.78 is 0. The van der Waals surface area contributed by atoms with E-state index in [4.69, 9.17) is 5.26 Å². The normalized spacial score (nSPS) is 13.4. The molecule has 1 aliphatic carbocycles. The third-order valence-corrected chi connectivity index (χ3v) is 7.25. The van der Waals surface area contributed by atoms with Crippen LogP contribution in [0.25, 0.3) is 21.2 Å². The SMILES string of the molecule is N#CCNC(=O)C(=O)NCc1ccccc1C(=O)NC1(c2cc(-c3cncs3)cc3ccccc23)CC1. The lowest BCUT2D eigenvalue weighted by Gasteiger charge is -2.22. The second kappa shape index (κ2) is 10.2. The number of hydrogen-bond acceptors (Lipinski definition) is 6. The largest absolute Gasteiger partial charge is 0.344 e. The Bertz CT molecular complexity index is 1540. The maximum atomic E-state index is 13.5. The number of carbonyl (C=O) groups is 3. The third kappa shape index (κ3) is 5.06. The highest BCUT2D eigenvalue weighted by molar-refractivity contribution is 7.13. The summed E-state index contributed by atoms with van der Waals surface area (Å²) in [5.74, 6) is -2.01. The highest BCUT2D eigenvalue weighted by atomic mass is 32.1. The van der Waals surface area contributed by atoms with Crippen molar-refractivity contribution in [3.8, 4) is 16.5 Å². The van der Waals surface area contributed by atoms with Crippen LogP contribution in [0.4, 0.5) is 0 Å². The first-order chi connectivity index (χ1) is 18.0. The summed E-state index contributed by atoms with van der Waals surface area (Å²) in [4.78, 5) is 42.6. The number of rotatable bonds is 7. The molecule has 0 spiro atoms. The van der Waals surface area contributed by atoms with Crippen LogP contribution in [-0.4, -0.2) is 29.3 Å². The van der Waals surface area contributed by atoms with Gasteiger partial charge in [-0.05, 0) is 58.5 Å². The van der Waals surface area contributed by atoms with Crippen LogP contribution in [0.15, 0.2) is 72.4 Å². The first kappa shape index (κ1) is 24.2. The molecule has 9 heteroatoms. The van der Waals surface area contributed by atoms with E-state index in [1.807, 2.05) is 23.8 Å². The molecule has 4 aromatic rings.